The third-order valence-corrected chi connectivity index (χ3v) is 7.56. The maximum Gasteiger partial charge on any atom is 0.302 e. The second kappa shape index (κ2) is 12.5. The molecule has 1 aliphatic carbocycles. The largest absolute Gasteiger partial charge is 0.493 e. The molecular formula is C32H35N3O7. The highest BCUT2D eigenvalue weighted by Gasteiger charge is 2.39. The minimum atomic E-state index is -0.364. The van der Waals surface area contributed by atoms with Crippen LogP contribution in [-0.4, -0.2) is 62.7 Å². The Morgan fingerprint density at radius 3 is 2.52 bits per heavy atom. The number of fused-ring (bicyclic) bond motifs is 3. The first-order valence-electron chi connectivity index (χ1n) is 14.0. The third kappa shape index (κ3) is 5.88. The number of nitrogens with one attached hydrogen (secondary N) is 1. The normalized spacial score (nSPS) is 19.0. The summed E-state index contributed by atoms with van der Waals surface area (Å²) < 4.78 is 27.7. The molecule has 3 aromatic rings. The molecule has 1 aromatic heterocycles. The van der Waals surface area contributed by atoms with Gasteiger partial charge >= 0.3 is 5.97 Å². The number of hydrogen-bond donors (Lipinski definition) is 1. The van der Waals surface area contributed by atoms with Crippen molar-refractivity contribution in [1.29, 1.82) is 0 Å². The molecule has 1 saturated carbocycles. The lowest BCUT2D eigenvalue weighted by Crippen LogP contribution is -2.36. The number of anilines is 1. The number of aliphatic imine (C=N–C) groups is 1. The van der Waals surface area contributed by atoms with Crippen molar-refractivity contribution in [2.45, 2.75) is 51.2 Å². The maximum atomic E-state index is 13.2. The SMILES string of the molecule is CCOc1cc2c(cc1OC)C(c1cccc(NC(=O)c3ccc(OC)nc3OC)c1)=NC1CCC(OC(C)=O)CC21. The van der Waals surface area contributed by atoms with Gasteiger partial charge in [-0.15, -0.1) is 0 Å². The van der Waals surface area contributed by atoms with Gasteiger partial charge in [0.2, 0.25) is 11.8 Å². The van der Waals surface area contributed by atoms with Crippen LogP contribution in [0.4, 0.5) is 5.69 Å². The van der Waals surface area contributed by atoms with Crippen LogP contribution in [-0.2, 0) is 9.53 Å². The number of rotatable bonds is 9. The van der Waals surface area contributed by atoms with Crippen LogP contribution in [0.3, 0.4) is 0 Å². The van der Waals surface area contributed by atoms with Gasteiger partial charge in [0.05, 0.1) is 39.7 Å². The highest BCUT2D eigenvalue weighted by molar-refractivity contribution is 6.16. The fourth-order valence-corrected chi connectivity index (χ4v) is 5.74. The van der Waals surface area contributed by atoms with Crippen molar-refractivity contribution in [1.82, 2.24) is 4.98 Å². The lowest BCUT2D eigenvalue weighted by molar-refractivity contribution is -0.148. The molecule has 10 heteroatoms. The first-order valence-corrected chi connectivity index (χ1v) is 14.0. The molecule has 10 nitrogen and oxygen atoms in total. The molecule has 1 N–H and O–H groups in total. The van der Waals surface area contributed by atoms with Crippen LogP contribution in [0.5, 0.6) is 23.3 Å². The number of aromatic nitrogens is 1. The van der Waals surface area contributed by atoms with Gasteiger partial charge in [0.25, 0.3) is 5.91 Å². The van der Waals surface area contributed by atoms with Gasteiger partial charge in [-0.05, 0) is 62.1 Å². The van der Waals surface area contributed by atoms with Crippen molar-refractivity contribution in [3.63, 3.8) is 0 Å². The zero-order chi connectivity index (χ0) is 29.8. The number of carbonyl (C=O) groups excluding carboxylic acids is 2. The molecule has 0 saturated heterocycles. The summed E-state index contributed by atoms with van der Waals surface area (Å²) in [5.41, 5.74) is 4.53. The molecule has 0 bridgehead atoms. The van der Waals surface area contributed by atoms with Crippen molar-refractivity contribution in [2.24, 2.45) is 4.99 Å². The number of esters is 1. The summed E-state index contributed by atoms with van der Waals surface area (Å²) in [7, 11) is 4.57. The molecule has 5 rings (SSSR count). The molecule has 0 spiro atoms. The van der Waals surface area contributed by atoms with E-state index < -0.39 is 0 Å². The highest BCUT2D eigenvalue weighted by atomic mass is 16.5. The van der Waals surface area contributed by atoms with Crippen LogP contribution in [0, 0.1) is 0 Å². The first kappa shape index (κ1) is 28.9. The Labute approximate surface area is 245 Å². The average molecular weight is 574 g/mol. The fourth-order valence-electron chi connectivity index (χ4n) is 5.74. The molecule has 1 fully saturated rings. The molecule has 2 heterocycles. The summed E-state index contributed by atoms with van der Waals surface area (Å²) in [5, 5.41) is 2.95. The van der Waals surface area contributed by atoms with Crippen LogP contribution in [0.15, 0.2) is 53.5 Å². The van der Waals surface area contributed by atoms with Gasteiger partial charge in [0, 0.05) is 35.7 Å². The number of nitrogens with zero attached hydrogens (tertiary/aromatic N) is 2. The number of hydrogen-bond acceptors (Lipinski definition) is 9. The van der Waals surface area contributed by atoms with Gasteiger partial charge in [0.1, 0.15) is 11.7 Å². The van der Waals surface area contributed by atoms with Crippen molar-refractivity contribution >= 4 is 23.3 Å². The molecule has 1 aliphatic heterocycles. The molecule has 2 aromatic carbocycles. The van der Waals surface area contributed by atoms with E-state index in [4.69, 9.17) is 28.7 Å². The second-order valence-corrected chi connectivity index (χ2v) is 10.2. The van der Waals surface area contributed by atoms with E-state index in [-0.39, 0.29) is 41.4 Å². The molecular weight excluding hydrogens is 538 g/mol. The second-order valence-electron chi connectivity index (χ2n) is 10.2. The number of benzene rings is 2. The zero-order valence-electron chi connectivity index (χ0n) is 24.4. The Balaban J connectivity index is 1.51. The number of pyridine rings is 1. The maximum absolute atomic E-state index is 13.2. The van der Waals surface area contributed by atoms with Crippen LogP contribution in [0.1, 0.15) is 66.1 Å². The van der Waals surface area contributed by atoms with Crippen LogP contribution in [0.25, 0.3) is 0 Å². The lowest BCUT2D eigenvalue weighted by Gasteiger charge is -2.38. The van der Waals surface area contributed by atoms with Crippen LogP contribution >= 0.6 is 0 Å². The van der Waals surface area contributed by atoms with E-state index in [1.165, 1.54) is 21.1 Å². The number of ether oxygens (including phenoxy) is 5. The molecule has 3 unspecified atom stereocenters. The summed E-state index contributed by atoms with van der Waals surface area (Å²) in [4.78, 5) is 34.3. The quantitative estimate of drug-likeness (QED) is 0.348. The third-order valence-electron chi connectivity index (χ3n) is 7.56. The Hall–Kier alpha value is -4.60. The minimum Gasteiger partial charge on any atom is -0.493 e. The van der Waals surface area contributed by atoms with Gasteiger partial charge in [-0.2, -0.15) is 4.98 Å². The summed E-state index contributed by atoms with van der Waals surface area (Å²) in [6.07, 6.45) is 2.05. The van der Waals surface area contributed by atoms with E-state index in [2.05, 4.69) is 10.3 Å². The Kier molecular flexibility index (Phi) is 8.61. The smallest absolute Gasteiger partial charge is 0.302 e. The van der Waals surface area contributed by atoms with Gasteiger partial charge in [0.15, 0.2) is 11.5 Å². The summed E-state index contributed by atoms with van der Waals surface area (Å²) >= 11 is 0. The van der Waals surface area contributed by atoms with Crippen molar-refractivity contribution in [3.05, 3.63) is 70.8 Å². The Morgan fingerprint density at radius 1 is 0.976 bits per heavy atom. The topological polar surface area (TPSA) is 118 Å². The van der Waals surface area contributed by atoms with Crippen molar-refractivity contribution < 1.29 is 33.3 Å². The predicted molar refractivity (Wildman–Crippen MR) is 157 cm³/mol. The van der Waals surface area contributed by atoms with E-state index in [9.17, 15) is 9.59 Å². The number of amides is 1. The number of methoxy groups -OCH3 is 3. The van der Waals surface area contributed by atoms with Gasteiger partial charge in [-0.1, -0.05) is 12.1 Å². The molecule has 42 heavy (non-hydrogen) atoms. The zero-order valence-corrected chi connectivity index (χ0v) is 24.4. The molecule has 0 radical (unpaired) electrons. The lowest BCUT2D eigenvalue weighted by atomic mass is 9.74. The highest BCUT2D eigenvalue weighted by Crippen LogP contribution is 2.45. The van der Waals surface area contributed by atoms with Crippen molar-refractivity contribution in [3.8, 4) is 23.3 Å². The average Bonchev–Trinajstić information content (AvgIpc) is 3.00. The fraction of sp³-hybridized carbons (Fsp3) is 0.375. The van der Waals surface area contributed by atoms with Gasteiger partial charge < -0.3 is 29.0 Å². The minimum absolute atomic E-state index is 0.00932. The van der Waals surface area contributed by atoms with E-state index in [1.54, 1.807) is 19.2 Å². The molecule has 1 amide bonds. The van der Waals surface area contributed by atoms with Gasteiger partial charge in [-0.3, -0.25) is 14.6 Å². The summed E-state index contributed by atoms with van der Waals surface area (Å²) in [6, 6.07) is 14.8. The van der Waals surface area contributed by atoms with Gasteiger partial charge in [-0.25, -0.2) is 0 Å². The monoisotopic (exact) mass is 573 g/mol. The predicted octanol–water partition coefficient (Wildman–Crippen LogP) is 5.18. The first-order chi connectivity index (χ1) is 20.3. The molecule has 3 atom stereocenters. The van der Waals surface area contributed by atoms with Crippen molar-refractivity contribution in [2.75, 3.05) is 33.3 Å². The Bertz CT molecular complexity index is 1520. The van der Waals surface area contributed by atoms with E-state index in [0.29, 0.717) is 36.1 Å². The standard InChI is InChI=1S/C32H35N3O7/c1-6-41-28-16-23-24-15-21(42-18(2)36)10-12-26(24)34-30(25(23)17-27(28)38-3)19-8-7-9-20(14-19)33-31(37)22-11-13-29(39-4)35-32(22)40-5/h7-9,11,13-14,16-17,21,24,26H,6,10,12,15H2,1-5H3,(H,33,37). The van der Waals surface area contributed by atoms with Crippen LogP contribution in [0.2, 0.25) is 0 Å². The van der Waals surface area contributed by atoms with Crippen LogP contribution < -0.4 is 24.3 Å². The number of carbonyl (C=O) groups is 2. The van der Waals surface area contributed by atoms with E-state index in [1.807, 2.05) is 43.3 Å². The summed E-state index contributed by atoms with van der Waals surface area (Å²) in [6.45, 7) is 3.88. The Morgan fingerprint density at radius 2 is 1.81 bits per heavy atom. The molecule has 2 aliphatic rings. The molecule has 220 valence electrons. The summed E-state index contributed by atoms with van der Waals surface area (Å²) in [5.74, 6) is 1.21. The van der Waals surface area contributed by atoms with E-state index >= 15 is 0 Å². The van der Waals surface area contributed by atoms with E-state index in [0.717, 1.165) is 35.2 Å².